The molecule has 4 N–H and O–H groups in total. The number of amides is 1. The zero-order chi connectivity index (χ0) is 22.6. The van der Waals surface area contributed by atoms with Gasteiger partial charge in [0, 0.05) is 0 Å². The first-order chi connectivity index (χ1) is 13.1. The fraction of sp³-hybridized carbons (Fsp3) is 0.800. The average Bonchev–Trinajstić information content (AvgIpc) is 2.51. The van der Waals surface area contributed by atoms with E-state index in [2.05, 4.69) is 11.9 Å². The third kappa shape index (κ3) is 9.12. The fourth-order valence-corrected chi connectivity index (χ4v) is 2.72. The minimum absolute atomic E-state index is 0.0272. The van der Waals surface area contributed by atoms with E-state index in [1.165, 1.54) is 0 Å². The van der Waals surface area contributed by atoms with Crippen molar-refractivity contribution in [3.63, 3.8) is 0 Å². The molecule has 1 amide bonds. The Balaban J connectivity index is 2.80. The Morgan fingerprint density at radius 2 is 1.62 bits per heavy atom. The number of esters is 1. The van der Waals surface area contributed by atoms with Crippen LogP contribution < -0.4 is 5.32 Å². The van der Waals surface area contributed by atoms with Gasteiger partial charge in [-0.3, -0.25) is 0 Å². The molecule has 0 radical (unpaired) electrons. The Labute approximate surface area is 172 Å². The summed E-state index contributed by atoms with van der Waals surface area (Å²) in [4.78, 5) is 24.7. The molecule has 0 bridgehead atoms. The van der Waals surface area contributed by atoms with Gasteiger partial charge >= 0.3 is 12.1 Å². The summed E-state index contributed by atoms with van der Waals surface area (Å²) in [5, 5.41) is 31.9. The molecular formula is C20H35NO8. The molecule has 9 heteroatoms. The maximum Gasteiger partial charge on any atom is 0.408 e. The maximum absolute atomic E-state index is 12.6. The molecule has 1 rings (SSSR count). The first-order valence-electron chi connectivity index (χ1n) is 9.64. The molecule has 29 heavy (non-hydrogen) atoms. The summed E-state index contributed by atoms with van der Waals surface area (Å²) in [5.41, 5.74) is -1.00. The summed E-state index contributed by atoms with van der Waals surface area (Å²) in [6.07, 6.45) is -5.20. The summed E-state index contributed by atoms with van der Waals surface area (Å²) in [5.74, 6) is -0.648. The van der Waals surface area contributed by atoms with Crippen LogP contribution in [0.5, 0.6) is 0 Å². The quantitative estimate of drug-likeness (QED) is 0.372. The molecule has 0 aliphatic carbocycles. The highest BCUT2D eigenvalue weighted by Gasteiger charge is 2.38. The molecule has 0 aromatic heterocycles. The lowest BCUT2D eigenvalue weighted by molar-refractivity contribution is -0.186. The highest BCUT2D eigenvalue weighted by atomic mass is 16.6. The number of nitrogens with one attached hydrogen (secondary N) is 1. The number of rotatable bonds is 6. The standard InChI is InChI=1S/C20H35NO8/c1-11(9-14-16(24)15(23)13(22)10-27-14)8-12(17(25)28-19(2,3)4)21-18(26)29-20(5,6)7/h12-16,22-24H,1,8-10H2,2-7H3,(H,21,26)/t12-,13+,14+,15+,16-/m0/s1. The highest BCUT2D eigenvalue weighted by molar-refractivity contribution is 5.82. The van der Waals surface area contributed by atoms with Crippen LogP contribution >= 0.6 is 0 Å². The second-order valence-electron chi connectivity index (χ2n) is 9.31. The molecule has 1 aliphatic heterocycles. The molecule has 9 nitrogen and oxygen atoms in total. The molecule has 0 aromatic rings. The van der Waals surface area contributed by atoms with E-state index < -0.39 is 53.7 Å². The highest BCUT2D eigenvalue weighted by Crippen LogP contribution is 2.23. The van der Waals surface area contributed by atoms with Gasteiger partial charge in [0.1, 0.15) is 35.6 Å². The molecule has 0 unspecified atom stereocenters. The number of carbonyl (C=O) groups excluding carboxylic acids is 2. The third-order valence-corrected chi connectivity index (χ3v) is 3.97. The van der Waals surface area contributed by atoms with Crippen LogP contribution in [0.3, 0.4) is 0 Å². The van der Waals surface area contributed by atoms with Crippen molar-refractivity contribution >= 4 is 12.1 Å². The molecule has 1 heterocycles. The van der Waals surface area contributed by atoms with Gasteiger partial charge in [-0.1, -0.05) is 12.2 Å². The Kier molecular flexibility index (Phi) is 8.64. The number of hydrogen-bond donors (Lipinski definition) is 4. The van der Waals surface area contributed by atoms with Gasteiger partial charge in [-0.2, -0.15) is 0 Å². The maximum atomic E-state index is 12.6. The number of aliphatic hydroxyl groups is 3. The summed E-state index contributed by atoms with van der Waals surface area (Å²) in [7, 11) is 0. The minimum Gasteiger partial charge on any atom is -0.458 e. The van der Waals surface area contributed by atoms with Crippen molar-refractivity contribution in [1.82, 2.24) is 5.32 Å². The van der Waals surface area contributed by atoms with Crippen LogP contribution in [0.25, 0.3) is 0 Å². The van der Waals surface area contributed by atoms with Gasteiger partial charge in [-0.05, 0) is 54.4 Å². The SMILES string of the molecule is C=C(C[C@H](NC(=O)OC(C)(C)C)C(=O)OC(C)(C)C)C[C@H]1OC[C@@H](O)[C@@H](O)[C@H]1O. The largest absolute Gasteiger partial charge is 0.458 e. The number of carbonyl (C=O) groups is 2. The summed E-state index contributed by atoms with van der Waals surface area (Å²) >= 11 is 0. The van der Waals surface area contributed by atoms with E-state index in [0.717, 1.165) is 0 Å². The second kappa shape index (κ2) is 9.88. The second-order valence-corrected chi connectivity index (χ2v) is 9.31. The monoisotopic (exact) mass is 417 g/mol. The number of alkyl carbamates (subject to hydrolysis) is 1. The van der Waals surface area contributed by atoms with Crippen LogP contribution in [0.15, 0.2) is 12.2 Å². The van der Waals surface area contributed by atoms with Gasteiger partial charge in [0.15, 0.2) is 0 Å². The third-order valence-electron chi connectivity index (χ3n) is 3.97. The van der Waals surface area contributed by atoms with Crippen LogP contribution in [0, 0.1) is 0 Å². The minimum atomic E-state index is -1.33. The van der Waals surface area contributed by atoms with Crippen LogP contribution in [-0.2, 0) is 19.0 Å². The van der Waals surface area contributed by atoms with Crippen molar-refractivity contribution in [2.24, 2.45) is 0 Å². The van der Waals surface area contributed by atoms with E-state index in [0.29, 0.717) is 5.57 Å². The summed E-state index contributed by atoms with van der Waals surface area (Å²) in [6, 6.07) is -1.05. The van der Waals surface area contributed by atoms with E-state index in [1.54, 1.807) is 41.5 Å². The van der Waals surface area contributed by atoms with Gasteiger partial charge in [-0.25, -0.2) is 9.59 Å². The van der Waals surface area contributed by atoms with Crippen molar-refractivity contribution in [2.45, 2.75) is 96.0 Å². The van der Waals surface area contributed by atoms with Gasteiger partial charge in [-0.15, -0.1) is 0 Å². The first kappa shape index (κ1) is 25.4. The molecule has 0 saturated carbocycles. The number of aliphatic hydroxyl groups excluding tert-OH is 3. The van der Waals surface area contributed by atoms with Gasteiger partial charge in [0.2, 0.25) is 0 Å². The topological polar surface area (TPSA) is 135 Å². The molecule has 1 fully saturated rings. The van der Waals surface area contributed by atoms with Gasteiger partial charge in [0.25, 0.3) is 0 Å². The van der Waals surface area contributed by atoms with E-state index in [9.17, 15) is 24.9 Å². The van der Waals surface area contributed by atoms with E-state index in [4.69, 9.17) is 14.2 Å². The van der Waals surface area contributed by atoms with Crippen molar-refractivity contribution in [3.05, 3.63) is 12.2 Å². The van der Waals surface area contributed by atoms with Crippen molar-refractivity contribution in [2.75, 3.05) is 6.61 Å². The fourth-order valence-electron chi connectivity index (χ4n) is 2.72. The van der Waals surface area contributed by atoms with Gasteiger partial charge < -0.3 is 34.8 Å². The lowest BCUT2D eigenvalue weighted by atomic mass is 9.93. The van der Waals surface area contributed by atoms with Crippen LogP contribution in [-0.4, -0.2) is 75.6 Å². The normalized spacial score (nSPS) is 26.4. The smallest absolute Gasteiger partial charge is 0.408 e. The Morgan fingerprint density at radius 1 is 1.07 bits per heavy atom. The summed E-state index contributed by atoms with van der Waals surface area (Å²) < 4.78 is 15.9. The summed E-state index contributed by atoms with van der Waals surface area (Å²) in [6.45, 7) is 14.0. The first-order valence-corrected chi connectivity index (χ1v) is 9.64. The van der Waals surface area contributed by atoms with Crippen LogP contribution in [0.4, 0.5) is 4.79 Å². The number of hydrogen-bond acceptors (Lipinski definition) is 8. The van der Waals surface area contributed by atoms with E-state index in [1.807, 2.05) is 0 Å². The molecule has 5 atom stereocenters. The zero-order valence-corrected chi connectivity index (χ0v) is 18.1. The van der Waals surface area contributed by atoms with Crippen LogP contribution in [0.1, 0.15) is 54.4 Å². The van der Waals surface area contributed by atoms with Crippen molar-refractivity contribution < 1.29 is 39.1 Å². The van der Waals surface area contributed by atoms with Crippen molar-refractivity contribution in [1.29, 1.82) is 0 Å². The zero-order valence-electron chi connectivity index (χ0n) is 18.1. The Hall–Kier alpha value is -1.68. The van der Waals surface area contributed by atoms with Crippen LogP contribution in [0.2, 0.25) is 0 Å². The lowest BCUT2D eigenvalue weighted by Gasteiger charge is -2.36. The van der Waals surface area contributed by atoms with E-state index >= 15 is 0 Å². The van der Waals surface area contributed by atoms with E-state index in [-0.39, 0.29) is 19.4 Å². The molecule has 1 aliphatic rings. The van der Waals surface area contributed by atoms with Gasteiger partial charge in [0.05, 0.1) is 12.7 Å². The molecule has 1 saturated heterocycles. The lowest BCUT2D eigenvalue weighted by Crippen LogP contribution is -2.53. The predicted molar refractivity (Wildman–Crippen MR) is 105 cm³/mol. The average molecular weight is 417 g/mol. The van der Waals surface area contributed by atoms with Crippen molar-refractivity contribution in [3.8, 4) is 0 Å². The molecular weight excluding hydrogens is 382 g/mol. The molecule has 0 spiro atoms. The number of ether oxygens (including phenoxy) is 3. The molecule has 0 aromatic carbocycles. The Morgan fingerprint density at radius 3 is 2.14 bits per heavy atom. The Bertz CT molecular complexity index is 592. The molecule has 168 valence electrons. The predicted octanol–water partition coefficient (Wildman–Crippen LogP) is 1.04.